The highest BCUT2D eigenvalue weighted by atomic mass is 35.6. The fourth-order valence-electron chi connectivity index (χ4n) is 0.546. The quantitative estimate of drug-likeness (QED) is 0.636. The summed E-state index contributed by atoms with van der Waals surface area (Å²) in [7, 11) is 1.19. The molecular formula is C6H9Cl4NO3. The van der Waals surface area contributed by atoms with E-state index in [1.165, 1.54) is 7.11 Å². The summed E-state index contributed by atoms with van der Waals surface area (Å²) in [6, 6.07) is 0. The van der Waals surface area contributed by atoms with Gasteiger partial charge in [-0.25, -0.2) is 4.79 Å². The number of ether oxygens (including phenoxy) is 2. The van der Waals surface area contributed by atoms with E-state index in [0.717, 1.165) is 0 Å². The van der Waals surface area contributed by atoms with Crippen molar-refractivity contribution in [2.45, 2.75) is 10.0 Å². The monoisotopic (exact) mass is 283 g/mol. The molecule has 0 spiro atoms. The molecule has 0 rings (SSSR count). The number of carbonyl (C=O) groups excluding carboxylic acids is 1. The Kier molecular flexibility index (Phi) is 6.99. The van der Waals surface area contributed by atoms with Gasteiger partial charge in [-0.15, -0.1) is 11.6 Å². The highest BCUT2D eigenvalue weighted by Crippen LogP contribution is 2.30. The number of hydrogen-bond donors (Lipinski definition) is 1. The van der Waals surface area contributed by atoms with Crippen molar-refractivity contribution >= 4 is 52.5 Å². The first-order valence-electron chi connectivity index (χ1n) is 3.50. The van der Waals surface area contributed by atoms with Crippen molar-refractivity contribution < 1.29 is 14.3 Å². The SMILES string of the molecule is COC(=O)NC(OCCCl)C(Cl)(Cl)Cl. The summed E-state index contributed by atoms with van der Waals surface area (Å²) in [6.07, 6.45) is -1.85. The molecule has 0 aliphatic rings. The predicted molar refractivity (Wildman–Crippen MR) is 56.3 cm³/mol. The van der Waals surface area contributed by atoms with E-state index in [0.29, 0.717) is 0 Å². The molecule has 0 aromatic rings. The predicted octanol–water partition coefficient (Wildman–Crippen LogP) is 2.29. The zero-order valence-electron chi connectivity index (χ0n) is 7.23. The molecule has 0 heterocycles. The highest BCUT2D eigenvalue weighted by molar-refractivity contribution is 6.68. The lowest BCUT2D eigenvalue weighted by molar-refractivity contribution is 0.0402. The second-order valence-electron chi connectivity index (χ2n) is 2.12. The third-order valence-corrected chi connectivity index (χ3v) is 1.84. The fraction of sp³-hybridized carbons (Fsp3) is 0.833. The van der Waals surface area contributed by atoms with Crippen molar-refractivity contribution in [2.75, 3.05) is 19.6 Å². The maximum atomic E-state index is 10.8. The van der Waals surface area contributed by atoms with Crippen molar-refractivity contribution in [2.24, 2.45) is 0 Å². The van der Waals surface area contributed by atoms with Crippen LogP contribution in [0.2, 0.25) is 0 Å². The minimum atomic E-state index is -1.78. The van der Waals surface area contributed by atoms with Gasteiger partial charge in [0.25, 0.3) is 0 Å². The molecule has 0 bridgehead atoms. The van der Waals surface area contributed by atoms with Gasteiger partial charge in [-0.05, 0) is 0 Å². The van der Waals surface area contributed by atoms with Crippen LogP contribution >= 0.6 is 46.4 Å². The zero-order valence-corrected chi connectivity index (χ0v) is 10.3. The Balaban J connectivity index is 4.18. The van der Waals surface area contributed by atoms with Gasteiger partial charge in [-0.1, -0.05) is 34.8 Å². The van der Waals surface area contributed by atoms with Crippen LogP contribution in [-0.4, -0.2) is 35.7 Å². The molecule has 1 unspecified atom stereocenters. The molecule has 0 fully saturated rings. The minimum absolute atomic E-state index is 0.143. The van der Waals surface area contributed by atoms with Gasteiger partial charge in [-0.3, -0.25) is 5.32 Å². The Morgan fingerprint density at radius 3 is 2.43 bits per heavy atom. The van der Waals surface area contributed by atoms with E-state index in [-0.39, 0.29) is 12.5 Å². The van der Waals surface area contributed by atoms with E-state index < -0.39 is 16.1 Å². The van der Waals surface area contributed by atoms with Crippen LogP contribution in [0.15, 0.2) is 0 Å². The normalized spacial score (nSPS) is 13.5. The molecule has 14 heavy (non-hydrogen) atoms. The molecule has 0 aliphatic carbocycles. The van der Waals surface area contributed by atoms with Gasteiger partial charge in [0.15, 0.2) is 6.23 Å². The second kappa shape index (κ2) is 6.80. The first-order valence-corrected chi connectivity index (χ1v) is 5.17. The number of nitrogens with one attached hydrogen (secondary N) is 1. The average Bonchev–Trinajstić information content (AvgIpc) is 2.09. The number of rotatable bonds is 4. The molecule has 0 aromatic carbocycles. The number of methoxy groups -OCH3 is 1. The minimum Gasteiger partial charge on any atom is -0.453 e. The first-order chi connectivity index (χ1) is 6.41. The molecule has 1 N–H and O–H groups in total. The summed E-state index contributed by atoms with van der Waals surface area (Å²) >= 11 is 22.0. The van der Waals surface area contributed by atoms with Gasteiger partial charge in [0.05, 0.1) is 13.7 Å². The van der Waals surface area contributed by atoms with Crippen LogP contribution in [0.5, 0.6) is 0 Å². The zero-order chi connectivity index (χ0) is 11.2. The maximum Gasteiger partial charge on any atom is 0.409 e. The lowest BCUT2D eigenvalue weighted by atomic mass is 10.6. The van der Waals surface area contributed by atoms with Gasteiger partial charge < -0.3 is 9.47 Å². The average molecular weight is 285 g/mol. The Hall–Kier alpha value is 0.390. The molecule has 0 radical (unpaired) electrons. The number of hydrogen-bond acceptors (Lipinski definition) is 3. The van der Waals surface area contributed by atoms with Crippen LogP contribution in [0, 0.1) is 0 Å². The Labute approximate surface area is 102 Å². The Morgan fingerprint density at radius 2 is 2.07 bits per heavy atom. The Morgan fingerprint density at radius 1 is 1.50 bits per heavy atom. The van der Waals surface area contributed by atoms with Gasteiger partial charge in [-0.2, -0.15) is 0 Å². The lowest BCUT2D eigenvalue weighted by Crippen LogP contribution is -2.46. The van der Waals surface area contributed by atoms with Crippen LogP contribution in [0.3, 0.4) is 0 Å². The van der Waals surface area contributed by atoms with Crippen LogP contribution in [-0.2, 0) is 9.47 Å². The Bertz CT molecular complexity index is 184. The molecule has 4 nitrogen and oxygen atoms in total. The van der Waals surface area contributed by atoms with E-state index in [9.17, 15) is 4.79 Å². The van der Waals surface area contributed by atoms with Gasteiger partial charge in [0.1, 0.15) is 0 Å². The van der Waals surface area contributed by atoms with Crippen LogP contribution in [0.4, 0.5) is 4.79 Å². The summed E-state index contributed by atoms with van der Waals surface area (Å²) in [4.78, 5) is 10.8. The molecule has 0 aromatic heterocycles. The summed E-state index contributed by atoms with van der Waals surface area (Å²) < 4.78 is 7.53. The summed E-state index contributed by atoms with van der Waals surface area (Å²) in [5.74, 6) is 0.222. The van der Waals surface area contributed by atoms with Crippen LogP contribution in [0.1, 0.15) is 0 Å². The van der Waals surface area contributed by atoms with E-state index in [4.69, 9.17) is 51.1 Å². The van der Waals surface area contributed by atoms with Crippen LogP contribution < -0.4 is 5.32 Å². The first kappa shape index (κ1) is 14.4. The molecule has 0 saturated heterocycles. The van der Waals surface area contributed by atoms with Crippen molar-refractivity contribution in [3.8, 4) is 0 Å². The smallest absolute Gasteiger partial charge is 0.409 e. The number of amides is 1. The van der Waals surface area contributed by atoms with Gasteiger partial charge in [0, 0.05) is 5.88 Å². The number of alkyl halides is 4. The number of carbonyl (C=O) groups is 1. The molecule has 1 amide bonds. The summed E-state index contributed by atoms with van der Waals surface area (Å²) in [5.41, 5.74) is 0. The van der Waals surface area contributed by atoms with Gasteiger partial charge >= 0.3 is 6.09 Å². The number of alkyl carbamates (subject to hydrolysis) is 1. The number of halogens is 4. The molecule has 8 heteroatoms. The van der Waals surface area contributed by atoms with E-state index in [1.54, 1.807) is 0 Å². The summed E-state index contributed by atoms with van der Waals surface area (Å²) in [5, 5.41) is 2.20. The van der Waals surface area contributed by atoms with Crippen molar-refractivity contribution in [1.82, 2.24) is 5.32 Å². The standard InChI is InChI=1S/C6H9Cl4NO3/c1-13-5(12)11-4(6(8,9)10)14-3-2-7/h4H,2-3H2,1H3,(H,11,12). The third-order valence-electron chi connectivity index (χ3n) is 1.09. The topological polar surface area (TPSA) is 47.6 Å². The largest absolute Gasteiger partial charge is 0.453 e. The molecular weight excluding hydrogens is 276 g/mol. The lowest BCUT2D eigenvalue weighted by Gasteiger charge is -2.24. The molecule has 0 saturated carbocycles. The summed E-state index contributed by atoms with van der Waals surface area (Å²) in [6.45, 7) is 0.143. The van der Waals surface area contributed by atoms with Gasteiger partial charge in [0.2, 0.25) is 3.79 Å². The van der Waals surface area contributed by atoms with Crippen molar-refractivity contribution in [3.05, 3.63) is 0 Å². The van der Waals surface area contributed by atoms with Crippen molar-refractivity contribution in [3.63, 3.8) is 0 Å². The van der Waals surface area contributed by atoms with E-state index in [1.807, 2.05) is 0 Å². The van der Waals surface area contributed by atoms with E-state index >= 15 is 0 Å². The highest BCUT2D eigenvalue weighted by Gasteiger charge is 2.35. The van der Waals surface area contributed by atoms with Crippen LogP contribution in [0.25, 0.3) is 0 Å². The van der Waals surface area contributed by atoms with E-state index in [2.05, 4.69) is 10.1 Å². The van der Waals surface area contributed by atoms with Crippen molar-refractivity contribution in [1.29, 1.82) is 0 Å². The fourth-order valence-corrected chi connectivity index (χ4v) is 0.988. The molecule has 1 atom stereocenters. The maximum absolute atomic E-state index is 10.8. The molecule has 84 valence electrons. The third kappa shape index (κ3) is 5.98. The molecule has 0 aliphatic heterocycles. The second-order valence-corrected chi connectivity index (χ2v) is 4.86.